The van der Waals surface area contributed by atoms with E-state index in [9.17, 15) is 13.6 Å². The number of aryl methyl sites for hydroxylation is 1. The summed E-state index contributed by atoms with van der Waals surface area (Å²) in [6.45, 7) is 7.37. The first-order valence-electron chi connectivity index (χ1n) is 10.9. The topological polar surface area (TPSA) is 80.0 Å². The van der Waals surface area contributed by atoms with E-state index in [4.69, 9.17) is 0 Å². The summed E-state index contributed by atoms with van der Waals surface area (Å²) in [5.41, 5.74) is 0.234. The molecule has 2 aliphatic rings. The van der Waals surface area contributed by atoms with E-state index in [1.165, 1.54) is 49.2 Å². The van der Waals surface area contributed by atoms with Gasteiger partial charge in [-0.05, 0) is 39.0 Å². The van der Waals surface area contributed by atoms with Crippen LogP contribution in [0.15, 0.2) is 36.7 Å². The third-order valence-electron chi connectivity index (χ3n) is 6.33. The standard InChI is InChI=1S/C23H25F2N7O/c1-14-8-20(23(2,3)25)29-22(28-14)31-12-15-10-30(11-16(15)13-31)21(33)18-5-4-17(24)9-19(18)32-26-6-7-27-32/h4-9,15-16H,10-13H2,1-3H3. The van der Waals surface area contributed by atoms with Crippen LogP contribution in [0.1, 0.15) is 35.6 Å². The minimum Gasteiger partial charge on any atom is -0.340 e. The summed E-state index contributed by atoms with van der Waals surface area (Å²) >= 11 is 0. The molecule has 10 heteroatoms. The second kappa shape index (κ2) is 7.86. The van der Waals surface area contributed by atoms with Crippen LogP contribution in [0.4, 0.5) is 14.7 Å². The Hall–Kier alpha value is -3.43. The van der Waals surface area contributed by atoms with Gasteiger partial charge < -0.3 is 9.80 Å². The van der Waals surface area contributed by atoms with E-state index in [1.54, 1.807) is 11.0 Å². The van der Waals surface area contributed by atoms with Crippen molar-refractivity contribution in [2.24, 2.45) is 11.8 Å². The van der Waals surface area contributed by atoms with E-state index in [0.717, 1.165) is 5.69 Å². The molecular weight excluding hydrogens is 428 g/mol. The molecule has 2 fully saturated rings. The lowest BCUT2D eigenvalue weighted by Crippen LogP contribution is -2.34. The quantitative estimate of drug-likeness (QED) is 0.604. The Morgan fingerprint density at radius 2 is 1.70 bits per heavy atom. The molecule has 0 N–H and O–H groups in total. The monoisotopic (exact) mass is 453 g/mol. The summed E-state index contributed by atoms with van der Waals surface area (Å²) in [7, 11) is 0. The molecule has 0 saturated carbocycles. The average Bonchev–Trinajstić information content (AvgIpc) is 3.48. The van der Waals surface area contributed by atoms with Crippen LogP contribution in [-0.2, 0) is 5.67 Å². The maximum absolute atomic E-state index is 14.5. The van der Waals surface area contributed by atoms with Gasteiger partial charge in [-0.3, -0.25) is 4.79 Å². The van der Waals surface area contributed by atoms with Gasteiger partial charge in [-0.15, -0.1) is 0 Å². The van der Waals surface area contributed by atoms with E-state index < -0.39 is 11.5 Å². The van der Waals surface area contributed by atoms with Crippen LogP contribution in [0.2, 0.25) is 0 Å². The molecule has 2 atom stereocenters. The Bertz CT molecular complexity index is 1180. The van der Waals surface area contributed by atoms with E-state index in [1.807, 2.05) is 6.92 Å². The van der Waals surface area contributed by atoms with Gasteiger partial charge in [0, 0.05) is 49.8 Å². The predicted molar refractivity (Wildman–Crippen MR) is 117 cm³/mol. The lowest BCUT2D eigenvalue weighted by Gasteiger charge is -2.24. The maximum Gasteiger partial charge on any atom is 0.256 e. The fourth-order valence-corrected chi connectivity index (χ4v) is 4.68. The molecule has 2 aliphatic heterocycles. The number of carbonyl (C=O) groups excluding carboxylic acids is 1. The molecule has 2 saturated heterocycles. The van der Waals surface area contributed by atoms with Crippen LogP contribution in [0.5, 0.6) is 0 Å². The van der Waals surface area contributed by atoms with E-state index in [-0.39, 0.29) is 17.7 Å². The second-order valence-corrected chi connectivity index (χ2v) is 9.28. The van der Waals surface area contributed by atoms with Gasteiger partial charge in [0.15, 0.2) is 0 Å². The first kappa shape index (κ1) is 21.4. The number of fused-ring (bicyclic) bond motifs is 1. The molecular formula is C23H25F2N7O. The van der Waals surface area contributed by atoms with Crippen molar-refractivity contribution in [1.82, 2.24) is 29.9 Å². The molecule has 0 bridgehead atoms. The van der Waals surface area contributed by atoms with Gasteiger partial charge in [0.05, 0.1) is 23.7 Å². The molecule has 0 spiro atoms. The van der Waals surface area contributed by atoms with Gasteiger partial charge in [0.25, 0.3) is 5.91 Å². The molecule has 8 nitrogen and oxygen atoms in total. The van der Waals surface area contributed by atoms with Gasteiger partial charge >= 0.3 is 0 Å². The van der Waals surface area contributed by atoms with Crippen molar-refractivity contribution in [1.29, 1.82) is 0 Å². The zero-order chi connectivity index (χ0) is 23.3. The van der Waals surface area contributed by atoms with Gasteiger partial charge in [0.1, 0.15) is 17.2 Å². The SMILES string of the molecule is Cc1cc(C(C)(C)F)nc(N2CC3CN(C(=O)c4ccc(F)cc4-n4nccn4)CC3C2)n1. The number of halogens is 2. The number of hydrogen-bond donors (Lipinski definition) is 0. The number of aromatic nitrogens is 5. The summed E-state index contributed by atoms with van der Waals surface area (Å²) in [6, 6.07) is 5.70. The molecule has 4 heterocycles. The Morgan fingerprint density at radius 3 is 2.33 bits per heavy atom. The molecule has 2 unspecified atom stereocenters. The number of nitrogens with zero attached hydrogens (tertiary/aromatic N) is 7. The summed E-state index contributed by atoms with van der Waals surface area (Å²) in [4.78, 5) is 27.4. The summed E-state index contributed by atoms with van der Waals surface area (Å²) in [6.07, 6.45) is 2.97. The van der Waals surface area contributed by atoms with Crippen molar-refractivity contribution in [2.45, 2.75) is 26.4 Å². The van der Waals surface area contributed by atoms with Crippen molar-refractivity contribution in [3.05, 3.63) is 59.4 Å². The third kappa shape index (κ3) is 4.05. The fourth-order valence-electron chi connectivity index (χ4n) is 4.68. The molecule has 2 aromatic heterocycles. The normalized spacial score (nSPS) is 20.4. The van der Waals surface area contributed by atoms with Gasteiger partial charge in [-0.25, -0.2) is 18.7 Å². The Labute approximate surface area is 190 Å². The molecule has 5 rings (SSSR count). The first-order valence-corrected chi connectivity index (χ1v) is 10.9. The molecule has 3 aromatic rings. The van der Waals surface area contributed by atoms with Crippen LogP contribution in [-0.4, -0.2) is 61.9 Å². The van der Waals surface area contributed by atoms with E-state index in [2.05, 4.69) is 25.1 Å². The fraction of sp³-hybridized carbons (Fsp3) is 0.435. The number of alkyl halides is 1. The largest absolute Gasteiger partial charge is 0.340 e. The first-order chi connectivity index (χ1) is 15.7. The Morgan fingerprint density at radius 1 is 1.03 bits per heavy atom. The minimum atomic E-state index is -1.54. The highest BCUT2D eigenvalue weighted by molar-refractivity contribution is 5.98. The lowest BCUT2D eigenvalue weighted by molar-refractivity contribution is 0.0782. The smallest absolute Gasteiger partial charge is 0.256 e. The highest BCUT2D eigenvalue weighted by Gasteiger charge is 2.43. The zero-order valence-electron chi connectivity index (χ0n) is 18.7. The molecule has 172 valence electrons. The lowest BCUT2D eigenvalue weighted by atomic mass is 10.0. The van der Waals surface area contributed by atoms with Gasteiger partial charge in [-0.2, -0.15) is 15.0 Å². The second-order valence-electron chi connectivity index (χ2n) is 9.28. The van der Waals surface area contributed by atoms with Crippen molar-refractivity contribution < 1.29 is 13.6 Å². The van der Waals surface area contributed by atoms with Crippen LogP contribution in [0.3, 0.4) is 0 Å². The third-order valence-corrected chi connectivity index (χ3v) is 6.33. The van der Waals surface area contributed by atoms with Crippen molar-refractivity contribution in [3.8, 4) is 5.69 Å². The molecule has 0 aliphatic carbocycles. The Balaban J connectivity index is 1.32. The molecule has 0 radical (unpaired) electrons. The summed E-state index contributed by atoms with van der Waals surface area (Å²) in [5.74, 6) is 0.421. The van der Waals surface area contributed by atoms with Crippen LogP contribution in [0, 0.1) is 24.6 Å². The molecule has 1 aromatic carbocycles. The number of hydrogen-bond acceptors (Lipinski definition) is 6. The Kier molecular flexibility index (Phi) is 5.10. The maximum atomic E-state index is 14.5. The molecule has 1 amide bonds. The van der Waals surface area contributed by atoms with Crippen LogP contribution < -0.4 is 4.90 Å². The number of amides is 1. The van der Waals surface area contributed by atoms with Crippen molar-refractivity contribution in [2.75, 3.05) is 31.1 Å². The minimum absolute atomic E-state index is 0.170. The van der Waals surface area contributed by atoms with Crippen LogP contribution >= 0.6 is 0 Å². The predicted octanol–water partition coefficient (Wildman–Crippen LogP) is 2.92. The van der Waals surface area contributed by atoms with Crippen molar-refractivity contribution in [3.63, 3.8) is 0 Å². The summed E-state index contributed by atoms with van der Waals surface area (Å²) < 4.78 is 28.3. The van der Waals surface area contributed by atoms with E-state index >= 15 is 0 Å². The van der Waals surface area contributed by atoms with Crippen molar-refractivity contribution >= 4 is 11.9 Å². The summed E-state index contributed by atoms with van der Waals surface area (Å²) in [5, 5.41) is 8.10. The number of carbonyl (C=O) groups is 1. The number of likely N-dealkylation sites (tertiary alicyclic amines) is 1. The van der Waals surface area contributed by atoms with Crippen LogP contribution in [0.25, 0.3) is 5.69 Å². The highest BCUT2D eigenvalue weighted by Crippen LogP contribution is 2.35. The number of anilines is 1. The van der Waals surface area contributed by atoms with Gasteiger partial charge in [-0.1, -0.05) is 0 Å². The number of benzene rings is 1. The van der Waals surface area contributed by atoms with Gasteiger partial charge in [0.2, 0.25) is 5.95 Å². The number of rotatable bonds is 4. The zero-order valence-corrected chi connectivity index (χ0v) is 18.7. The van der Waals surface area contributed by atoms with E-state index in [0.29, 0.717) is 49.1 Å². The highest BCUT2D eigenvalue weighted by atomic mass is 19.1. The average molecular weight is 453 g/mol. The molecule has 33 heavy (non-hydrogen) atoms.